The van der Waals surface area contributed by atoms with E-state index in [1.54, 1.807) is 10.8 Å². The number of benzene rings is 1. The molecule has 3 aromatic heterocycles. The van der Waals surface area contributed by atoms with Crippen molar-refractivity contribution in [3.63, 3.8) is 0 Å². The number of β-amino-alcohol motifs (C(OH)–C–C–N with tert-alkyl or cyclic N) is 1. The molecular formula is C24H27ClN6O2. The number of nitrogens with zero attached hydrogens (tertiary/aromatic N) is 6. The van der Waals surface area contributed by atoms with Crippen LogP contribution in [0.5, 0.6) is 0 Å². The Kier molecular flexibility index (Phi) is 5.37. The first-order valence-corrected chi connectivity index (χ1v) is 11.6. The van der Waals surface area contributed by atoms with Crippen LogP contribution in [0.3, 0.4) is 0 Å². The van der Waals surface area contributed by atoms with Crippen molar-refractivity contribution in [3.05, 3.63) is 63.4 Å². The van der Waals surface area contributed by atoms with Gasteiger partial charge in [0.2, 0.25) is 0 Å². The van der Waals surface area contributed by atoms with Gasteiger partial charge in [-0.1, -0.05) is 44.5 Å². The maximum absolute atomic E-state index is 13.6. The standard InChI is InChI=1S/C24H27ClN6O2/c1-24(2,3)22-27-21-20-19(11-17(12-26-20)29-10-4-5-18(32)14-29)30(23(33)31(21)28-22)13-15-6-8-16(25)9-7-15/h6-9,11-12,18,32H,4-5,10,13-14H2,1-3H3. The van der Waals surface area contributed by atoms with Gasteiger partial charge in [0.1, 0.15) is 5.52 Å². The average Bonchev–Trinajstić information content (AvgIpc) is 3.24. The van der Waals surface area contributed by atoms with Crippen molar-refractivity contribution in [2.75, 3.05) is 18.0 Å². The quantitative estimate of drug-likeness (QED) is 0.498. The van der Waals surface area contributed by atoms with Gasteiger partial charge in [0, 0.05) is 23.5 Å². The molecule has 0 bridgehead atoms. The van der Waals surface area contributed by atoms with Gasteiger partial charge in [-0.2, -0.15) is 4.52 Å². The summed E-state index contributed by atoms with van der Waals surface area (Å²) >= 11 is 6.06. The van der Waals surface area contributed by atoms with Crippen LogP contribution in [-0.4, -0.2) is 48.4 Å². The van der Waals surface area contributed by atoms with E-state index >= 15 is 0 Å². The van der Waals surface area contributed by atoms with Gasteiger partial charge in [-0.15, -0.1) is 5.10 Å². The Morgan fingerprint density at radius 2 is 1.97 bits per heavy atom. The second-order valence-electron chi connectivity index (χ2n) is 9.72. The molecule has 0 amide bonds. The molecule has 1 aromatic carbocycles. The Balaban J connectivity index is 1.73. The average molecular weight is 467 g/mol. The lowest BCUT2D eigenvalue weighted by molar-refractivity contribution is 0.154. The van der Waals surface area contributed by atoms with Gasteiger partial charge in [0.05, 0.1) is 30.0 Å². The fourth-order valence-corrected chi connectivity index (χ4v) is 4.37. The van der Waals surface area contributed by atoms with Crippen LogP contribution >= 0.6 is 11.6 Å². The zero-order valence-electron chi connectivity index (χ0n) is 19.0. The third-order valence-electron chi connectivity index (χ3n) is 6.06. The molecule has 1 aliphatic rings. The van der Waals surface area contributed by atoms with Gasteiger partial charge in [0.15, 0.2) is 11.5 Å². The summed E-state index contributed by atoms with van der Waals surface area (Å²) in [5.41, 5.74) is 3.00. The predicted octanol–water partition coefficient (Wildman–Crippen LogP) is 3.40. The van der Waals surface area contributed by atoms with Crippen LogP contribution < -0.4 is 10.6 Å². The van der Waals surface area contributed by atoms with E-state index in [9.17, 15) is 9.90 Å². The van der Waals surface area contributed by atoms with Gasteiger partial charge in [-0.05, 0) is 36.6 Å². The number of anilines is 1. The smallest absolute Gasteiger partial charge is 0.351 e. The van der Waals surface area contributed by atoms with E-state index in [4.69, 9.17) is 21.6 Å². The molecule has 1 aliphatic heterocycles. The summed E-state index contributed by atoms with van der Waals surface area (Å²) in [6, 6.07) is 9.42. The van der Waals surface area contributed by atoms with Crippen molar-refractivity contribution >= 4 is 34.0 Å². The van der Waals surface area contributed by atoms with Gasteiger partial charge in [-0.25, -0.2) is 14.8 Å². The van der Waals surface area contributed by atoms with Gasteiger partial charge < -0.3 is 10.0 Å². The van der Waals surface area contributed by atoms with Crippen LogP contribution in [-0.2, 0) is 12.0 Å². The van der Waals surface area contributed by atoms with Crippen molar-refractivity contribution in [1.82, 2.24) is 24.1 Å². The SMILES string of the molecule is CC(C)(C)c1nc2c3ncc(N4CCCC(O)C4)cc3n(Cc3ccc(Cl)cc3)c(=O)n2n1. The zero-order chi connectivity index (χ0) is 23.3. The summed E-state index contributed by atoms with van der Waals surface area (Å²) in [5, 5.41) is 15.3. The number of hydrogen-bond acceptors (Lipinski definition) is 6. The Bertz CT molecular complexity index is 1390. The highest BCUT2D eigenvalue weighted by molar-refractivity contribution is 6.30. The Morgan fingerprint density at radius 3 is 2.67 bits per heavy atom. The molecule has 172 valence electrons. The number of aliphatic hydroxyl groups excluding tert-OH is 1. The van der Waals surface area contributed by atoms with Crippen molar-refractivity contribution in [1.29, 1.82) is 0 Å². The van der Waals surface area contributed by atoms with E-state index in [1.807, 2.05) is 51.1 Å². The first-order chi connectivity index (χ1) is 15.7. The van der Waals surface area contributed by atoms with Crippen LogP contribution in [0.1, 0.15) is 45.0 Å². The summed E-state index contributed by atoms with van der Waals surface area (Å²) in [6.45, 7) is 7.79. The molecule has 4 heterocycles. The molecule has 5 rings (SSSR count). The number of aromatic nitrogens is 5. The molecule has 1 fully saturated rings. The summed E-state index contributed by atoms with van der Waals surface area (Å²) in [7, 11) is 0. The third-order valence-corrected chi connectivity index (χ3v) is 6.31. The lowest BCUT2D eigenvalue weighted by Gasteiger charge is -2.31. The summed E-state index contributed by atoms with van der Waals surface area (Å²) in [6.07, 6.45) is 3.14. The van der Waals surface area contributed by atoms with E-state index < -0.39 is 0 Å². The molecule has 33 heavy (non-hydrogen) atoms. The molecular weight excluding hydrogens is 440 g/mol. The van der Waals surface area contributed by atoms with E-state index in [1.165, 1.54) is 4.52 Å². The van der Waals surface area contributed by atoms with Crippen LogP contribution in [0, 0.1) is 0 Å². The minimum atomic E-state index is -0.362. The second kappa shape index (κ2) is 8.11. The highest BCUT2D eigenvalue weighted by Gasteiger charge is 2.25. The van der Waals surface area contributed by atoms with Crippen LogP contribution in [0.2, 0.25) is 5.02 Å². The molecule has 0 spiro atoms. The van der Waals surface area contributed by atoms with Crippen molar-refractivity contribution < 1.29 is 5.11 Å². The van der Waals surface area contributed by atoms with E-state index in [0.717, 1.165) is 30.6 Å². The predicted molar refractivity (Wildman–Crippen MR) is 129 cm³/mol. The van der Waals surface area contributed by atoms with Gasteiger partial charge in [-0.3, -0.25) is 4.57 Å². The minimum Gasteiger partial charge on any atom is -0.391 e. The fourth-order valence-electron chi connectivity index (χ4n) is 4.24. The highest BCUT2D eigenvalue weighted by Crippen LogP contribution is 2.26. The third kappa shape index (κ3) is 4.09. The normalized spacial score (nSPS) is 17.2. The lowest BCUT2D eigenvalue weighted by Crippen LogP contribution is -2.38. The summed E-state index contributed by atoms with van der Waals surface area (Å²) in [4.78, 5) is 25.2. The van der Waals surface area contributed by atoms with Crippen molar-refractivity contribution in [2.24, 2.45) is 0 Å². The maximum Gasteiger partial charge on any atom is 0.351 e. The van der Waals surface area contributed by atoms with E-state index in [2.05, 4.69) is 10.00 Å². The highest BCUT2D eigenvalue weighted by atomic mass is 35.5. The Morgan fingerprint density at radius 1 is 1.21 bits per heavy atom. The maximum atomic E-state index is 13.6. The topological polar surface area (TPSA) is 88.5 Å². The van der Waals surface area contributed by atoms with Gasteiger partial charge >= 0.3 is 5.69 Å². The first kappa shape index (κ1) is 21.9. The number of halogens is 1. The number of rotatable bonds is 3. The molecule has 8 nitrogen and oxygen atoms in total. The minimum absolute atomic E-state index is 0.270. The Labute approximate surface area is 196 Å². The second-order valence-corrected chi connectivity index (χ2v) is 10.2. The lowest BCUT2D eigenvalue weighted by atomic mass is 9.96. The molecule has 1 saturated heterocycles. The van der Waals surface area contributed by atoms with Crippen LogP contribution in [0.15, 0.2) is 41.3 Å². The van der Waals surface area contributed by atoms with Crippen LogP contribution in [0.25, 0.3) is 16.7 Å². The summed E-state index contributed by atoms with van der Waals surface area (Å²) < 4.78 is 3.04. The molecule has 1 atom stereocenters. The number of fused-ring (bicyclic) bond motifs is 3. The van der Waals surface area contributed by atoms with Crippen molar-refractivity contribution in [3.8, 4) is 0 Å². The monoisotopic (exact) mass is 466 g/mol. The fraction of sp³-hybridized carbons (Fsp3) is 0.417. The molecule has 0 aliphatic carbocycles. The van der Waals surface area contributed by atoms with Gasteiger partial charge in [0.25, 0.3) is 0 Å². The number of aliphatic hydroxyl groups is 1. The number of piperidine rings is 1. The summed E-state index contributed by atoms with van der Waals surface area (Å²) in [5.74, 6) is 0.593. The largest absolute Gasteiger partial charge is 0.391 e. The zero-order valence-corrected chi connectivity index (χ0v) is 19.7. The number of pyridine rings is 1. The molecule has 0 saturated carbocycles. The first-order valence-electron chi connectivity index (χ1n) is 11.2. The van der Waals surface area contributed by atoms with E-state index in [0.29, 0.717) is 40.6 Å². The molecule has 1 unspecified atom stereocenters. The number of hydrogen-bond donors (Lipinski definition) is 1. The molecule has 0 radical (unpaired) electrons. The molecule has 1 N–H and O–H groups in total. The van der Waals surface area contributed by atoms with Crippen molar-refractivity contribution in [2.45, 2.75) is 51.7 Å². The molecule has 4 aromatic rings. The van der Waals surface area contributed by atoms with E-state index in [-0.39, 0.29) is 17.2 Å². The van der Waals surface area contributed by atoms with Crippen LogP contribution in [0.4, 0.5) is 5.69 Å². The molecule has 9 heteroatoms. The Hall–Kier alpha value is -2.97.